The second-order valence-electron chi connectivity index (χ2n) is 6.11. The fraction of sp³-hybridized carbons (Fsp3) is 0.368. The second-order valence-corrected chi connectivity index (χ2v) is 6.11. The lowest BCUT2D eigenvalue weighted by atomic mass is 9.92. The number of hydrogen-bond donors (Lipinski definition) is 2. The van der Waals surface area contributed by atoms with Crippen molar-refractivity contribution in [2.45, 2.75) is 32.1 Å². The zero-order valence-corrected chi connectivity index (χ0v) is 14.8. The standard InChI is InChI=1S/C19H23N5O/c1-12(21-2)17-14(20)8-6-7-13-11-22-19(24-18(13)17)23-15-9-4-5-10-16(15)25-3/h4-5,9-11,17,20H,6-8H2,1-3H3,(H,22,23,24). The highest BCUT2D eigenvalue weighted by Crippen LogP contribution is 2.30. The van der Waals surface area contributed by atoms with Crippen molar-refractivity contribution in [3.63, 3.8) is 0 Å². The number of ether oxygens (including phenoxy) is 1. The van der Waals surface area contributed by atoms with Gasteiger partial charge in [-0.05, 0) is 43.9 Å². The number of para-hydroxylation sites is 2. The van der Waals surface area contributed by atoms with E-state index in [1.54, 1.807) is 14.2 Å². The van der Waals surface area contributed by atoms with Crippen molar-refractivity contribution in [1.29, 1.82) is 5.41 Å². The van der Waals surface area contributed by atoms with Crippen molar-refractivity contribution < 1.29 is 4.74 Å². The lowest BCUT2D eigenvalue weighted by Gasteiger charge is -2.18. The van der Waals surface area contributed by atoms with Crippen molar-refractivity contribution in [1.82, 2.24) is 9.97 Å². The molecule has 130 valence electrons. The molecule has 6 heteroatoms. The van der Waals surface area contributed by atoms with Gasteiger partial charge in [-0.15, -0.1) is 0 Å². The number of nitrogens with one attached hydrogen (secondary N) is 2. The monoisotopic (exact) mass is 337 g/mol. The Hall–Kier alpha value is -2.76. The van der Waals surface area contributed by atoms with Crippen LogP contribution in [0.25, 0.3) is 0 Å². The number of rotatable bonds is 4. The van der Waals surface area contributed by atoms with Crippen molar-refractivity contribution >= 4 is 23.1 Å². The maximum Gasteiger partial charge on any atom is 0.227 e. The van der Waals surface area contributed by atoms with E-state index in [1.807, 2.05) is 37.4 Å². The van der Waals surface area contributed by atoms with Gasteiger partial charge in [-0.3, -0.25) is 4.99 Å². The summed E-state index contributed by atoms with van der Waals surface area (Å²) < 4.78 is 5.37. The normalized spacial score (nSPS) is 17.6. The highest BCUT2D eigenvalue weighted by atomic mass is 16.5. The summed E-state index contributed by atoms with van der Waals surface area (Å²) in [5.74, 6) is 1.08. The number of nitrogens with zero attached hydrogens (tertiary/aromatic N) is 3. The molecule has 0 fully saturated rings. The Morgan fingerprint density at radius 3 is 2.88 bits per heavy atom. The molecule has 3 rings (SSSR count). The zero-order valence-electron chi connectivity index (χ0n) is 14.8. The number of fused-ring (bicyclic) bond motifs is 1. The summed E-state index contributed by atoms with van der Waals surface area (Å²) in [5, 5.41) is 11.7. The quantitative estimate of drug-likeness (QED) is 0.657. The highest BCUT2D eigenvalue weighted by molar-refractivity contribution is 6.10. The topological polar surface area (TPSA) is 83.2 Å². The van der Waals surface area contributed by atoms with Gasteiger partial charge in [0, 0.05) is 24.7 Å². The summed E-state index contributed by atoms with van der Waals surface area (Å²) in [7, 11) is 3.40. The first kappa shape index (κ1) is 17.1. The fourth-order valence-electron chi connectivity index (χ4n) is 3.15. The van der Waals surface area contributed by atoms with E-state index in [2.05, 4.69) is 15.3 Å². The molecule has 0 amide bonds. The summed E-state index contributed by atoms with van der Waals surface area (Å²) in [6.45, 7) is 1.96. The van der Waals surface area contributed by atoms with Gasteiger partial charge in [-0.2, -0.15) is 0 Å². The molecule has 1 aromatic heterocycles. The van der Waals surface area contributed by atoms with Gasteiger partial charge in [0.25, 0.3) is 0 Å². The molecule has 0 saturated heterocycles. The van der Waals surface area contributed by atoms with E-state index in [4.69, 9.17) is 15.1 Å². The van der Waals surface area contributed by atoms with Crippen molar-refractivity contribution in [3.05, 3.63) is 41.7 Å². The van der Waals surface area contributed by atoms with Gasteiger partial charge in [-0.25, -0.2) is 9.97 Å². The third-order valence-electron chi connectivity index (χ3n) is 4.54. The first-order chi connectivity index (χ1) is 12.1. The SMILES string of the molecule is CN=C(C)C1C(=N)CCCc2cnc(Nc3ccccc3OC)nc21. The number of aryl methyl sites for hydroxylation is 1. The molecular formula is C19H23N5O. The van der Waals surface area contributed by atoms with Crippen LogP contribution in [-0.4, -0.2) is 35.5 Å². The Balaban J connectivity index is 2.01. The Bertz CT molecular complexity index is 815. The largest absolute Gasteiger partial charge is 0.495 e. The molecule has 0 spiro atoms. The van der Waals surface area contributed by atoms with Crippen molar-refractivity contribution in [2.24, 2.45) is 4.99 Å². The van der Waals surface area contributed by atoms with Crippen LogP contribution in [-0.2, 0) is 6.42 Å². The van der Waals surface area contributed by atoms with Crippen molar-refractivity contribution in [2.75, 3.05) is 19.5 Å². The summed E-state index contributed by atoms with van der Waals surface area (Å²) in [6, 6.07) is 7.66. The van der Waals surface area contributed by atoms with Gasteiger partial charge in [0.05, 0.1) is 24.4 Å². The third kappa shape index (κ3) is 3.52. The highest BCUT2D eigenvalue weighted by Gasteiger charge is 2.27. The second kappa shape index (κ2) is 7.42. The number of methoxy groups -OCH3 is 1. The molecule has 1 atom stereocenters. The number of aliphatic imine (C=N–C) groups is 1. The smallest absolute Gasteiger partial charge is 0.227 e. The Morgan fingerprint density at radius 2 is 2.12 bits per heavy atom. The van der Waals surface area contributed by atoms with Crippen LogP contribution in [0.5, 0.6) is 5.75 Å². The minimum absolute atomic E-state index is 0.163. The number of hydrogen-bond acceptors (Lipinski definition) is 6. The Morgan fingerprint density at radius 1 is 1.32 bits per heavy atom. The van der Waals surface area contributed by atoms with Gasteiger partial charge < -0.3 is 15.5 Å². The number of anilines is 2. The average Bonchev–Trinajstić information content (AvgIpc) is 2.79. The summed E-state index contributed by atoms with van der Waals surface area (Å²) >= 11 is 0. The lowest BCUT2D eigenvalue weighted by Crippen LogP contribution is -2.21. The first-order valence-electron chi connectivity index (χ1n) is 8.40. The van der Waals surface area contributed by atoms with E-state index in [0.29, 0.717) is 11.7 Å². The van der Waals surface area contributed by atoms with Crippen LogP contribution in [0.4, 0.5) is 11.6 Å². The van der Waals surface area contributed by atoms with Crippen LogP contribution in [0.15, 0.2) is 35.5 Å². The van der Waals surface area contributed by atoms with Crippen LogP contribution < -0.4 is 10.1 Å². The predicted octanol–water partition coefficient (Wildman–Crippen LogP) is 3.76. The fourth-order valence-corrected chi connectivity index (χ4v) is 3.15. The van der Waals surface area contributed by atoms with E-state index in [1.165, 1.54) is 0 Å². The Kier molecular flexibility index (Phi) is 5.07. The molecule has 6 nitrogen and oxygen atoms in total. The third-order valence-corrected chi connectivity index (χ3v) is 4.54. The van der Waals surface area contributed by atoms with Crippen LogP contribution in [0.2, 0.25) is 0 Å². The molecular weight excluding hydrogens is 314 g/mol. The van der Waals surface area contributed by atoms with Crippen molar-refractivity contribution in [3.8, 4) is 5.75 Å². The Labute approximate surface area is 147 Å². The van der Waals surface area contributed by atoms with Gasteiger partial charge in [0.1, 0.15) is 5.75 Å². The molecule has 2 aromatic rings. The summed E-state index contributed by atoms with van der Waals surface area (Å²) in [4.78, 5) is 13.5. The van der Waals surface area contributed by atoms with Gasteiger partial charge in [0.2, 0.25) is 5.95 Å². The van der Waals surface area contributed by atoms with E-state index >= 15 is 0 Å². The minimum atomic E-state index is -0.163. The van der Waals surface area contributed by atoms with E-state index in [9.17, 15) is 0 Å². The predicted molar refractivity (Wildman–Crippen MR) is 101 cm³/mol. The van der Waals surface area contributed by atoms with Crippen LogP contribution in [0.1, 0.15) is 36.9 Å². The molecule has 25 heavy (non-hydrogen) atoms. The molecule has 1 heterocycles. The average molecular weight is 337 g/mol. The van der Waals surface area contributed by atoms with Gasteiger partial charge in [-0.1, -0.05) is 12.1 Å². The van der Waals surface area contributed by atoms with E-state index < -0.39 is 0 Å². The molecule has 0 saturated carbocycles. The maximum atomic E-state index is 8.42. The number of aromatic nitrogens is 2. The number of benzene rings is 1. The summed E-state index contributed by atoms with van der Waals surface area (Å²) in [5.41, 5.74) is 4.38. The first-order valence-corrected chi connectivity index (χ1v) is 8.40. The molecule has 2 N–H and O–H groups in total. The van der Waals surface area contributed by atoms with Gasteiger partial charge >= 0.3 is 0 Å². The molecule has 0 bridgehead atoms. The molecule has 1 aliphatic rings. The minimum Gasteiger partial charge on any atom is -0.495 e. The summed E-state index contributed by atoms with van der Waals surface area (Å²) in [6.07, 6.45) is 4.47. The molecule has 1 aromatic carbocycles. The zero-order chi connectivity index (χ0) is 17.8. The molecule has 1 aliphatic carbocycles. The lowest BCUT2D eigenvalue weighted by molar-refractivity contribution is 0.417. The molecule has 0 aliphatic heterocycles. The molecule has 1 unspecified atom stereocenters. The van der Waals surface area contributed by atoms with E-state index in [0.717, 1.165) is 47.7 Å². The van der Waals surface area contributed by atoms with Crippen LogP contribution in [0, 0.1) is 5.41 Å². The van der Waals surface area contributed by atoms with E-state index in [-0.39, 0.29) is 5.92 Å². The van der Waals surface area contributed by atoms with Crippen LogP contribution in [0.3, 0.4) is 0 Å². The molecule has 0 radical (unpaired) electrons. The maximum absolute atomic E-state index is 8.42. The van der Waals surface area contributed by atoms with Crippen LogP contribution >= 0.6 is 0 Å². The van der Waals surface area contributed by atoms with Gasteiger partial charge in [0.15, 0.2) is 0 Å².